The van der Waals surface area contributed by atoms with Crippen molar-refractivity contribution < 1.29 is 18.9 Å². The summed E-state index contributed by atoms with van der Waals surface area (Å²) in [5.74, 6) is 2.61. The molecule has 0 N–H and O–H groups in total. The maximum atomic E-state index is 6.22. The number of hydrogen-bond acceptors (Lipinski definition) is 4. The molecule has 1 saturated carbocycles. The molecule has 23 heavy (non-hydrogen) atoms. The van der Waals surface area contributed by atoms with Gasteiger partial charge in [-0.25, -0.2) is 0 Å². The zero-order valence-corrected chi connectivity index (χ0v) is 13.7. The van der Waals surface area contributed by atoms with Gasteiger partial charge in [-0.3, -0.25) is 0 Å². The lowest BCUT2D eigenvalue weighted by molar-refractivity contribution is -0.148. The SMILES string of the molecule is CC1C2OC(C)(C)OC2CC2C=Cc3cc4c(cc3C21)OCO4. The van der Waals surface area contributed by atoms with Crippen LogP contribution in [0, 0.1) is 11.8 Å². The summed E-state index contributed by atoms with van der Waals surface area (Å²) in [6.45, 7) is 6.65. The largest absolute Gasteiger partial charge is 0.454 e. The summed E-state index contributed by atoms with van der Waals surface area (Å²) in [4.78, 5) is 0. The highest BCUT2D eigenvalue weighted by atomic mass is 16.8. The summed E-state index contributed by atoms with van der Waals surface area (Å²) in [7, 11) is 0. The normalized spacial score (nSPS) is 38.8. The van der Waals surface area contributed by atoms with Gasteiger partial charge in [0.05, 0.1) is 12.2 Å². The number of benzene rings is 1. The van der Waals surface area contributed by atoms with Gasteiger partial charge in [0.2, 0.25) is 6.79 Å². The van der Waals surface area contributed by atoms with Crippen molar-refractivity contribution in [2.24, 2.45) is 11.8 Å². The monoisotopic (exact) mass is 314 g/mol. The van der Waals surface area contributed by atoms with E-state index in [2.05, 4.69) is 31.2 Å². The van der Waals surface area contributed by atoms with Crippen LogP contribution in [0.25, 0.3) is 6.08 Å². The van der Waals surface area contributed by atoms with Gasteiger partial charge in [-0.15, -0.1) is 0 Å². The van der Waals surface area contributed by atoms with Crippen LogP contribution in [0.1, 0.15) is 44.2 Å². The summed E-state index contributed by atoms with van der Waals surface area (Å²) >= 11 is 0. The van der Waals surface area contributed by atoms with E-state index in [4.69, 9.17) is 18.9 Å². The van der Waals surface area contributed by atoms with Crippen molar-refractivity contribution in [3.8, 4) is 11.5 Å². The molecule has 1 saturated heterocycles. The molecule has 0 bridgehead atoms. The van der Waals surface area contributed by atoms with Crippen molar-refractivity contribution in [3.05, 3.63) is 29.3 Å². The molecule has 0 amide bonds. The Hall–Kier alpha value is -1.52. The summed E-state index contributed by atoms with van der Waals surface area (Å²) in [6.07, 6.45) is 5.95. The molecule has 5 atom stereocenters. The van der Waals surface area contributed by atoms with Crippen molar-refractivity contribution in [2.75, 3.05) is 6.79 Å². The molecule has 2 aliphatic heterocycles. The fraction of sp³-hybridized carbons (Fsp3) is 0.579. The average molecular weight is 314 g/mol. The Morgan fingerprint density at radius 2 is 1.87 bits per heavy atom. The van der Waals surface area contributed by atoms with Crippen molar-refractivity contribution >= 4 is 6.08 Å². The maximum Gasteiger partial charge on any atom is 0.231 e. The van der Waals surface area contributed by atoms with E-state index in [-0.39, 0.29) is 12.2 Å². The van der Waals surface area contributed by atoms with Crippen molar-refractivity contribution in [2.45, 2.75) is 51.1 Å². The van der Waals surface area contributed by atoms with Crippen LogP contribution < -0.4 is 9.47 Å². The van der Waals surface area contributed by atoms with E-state index in [1.807, 2.05) is 13.8 Å². The summed E-state index contributed by atoms with van der Waals surface area (Å²) in [6, 6.07) is 4.29. The lowest BCUT2D eigenvalue weighted by atomic mass is 9.64. The Balaban J connectivity index is 1.56. The van der Waals surface area contributed by atoms with Crippen LogP contribution >= 0.6 is 0 Å². The number of fused-ring (bicyclic) bond motifs is 5. The second kappa shape index (κ2) is 4.52. The molecule has 0 aromatic heterocycles. The predicted molar refractivity (Wildman–Crippen MR) is 85.4 cm³/mol. The molecule has 2 fully saturated rings. The minimum Gasteiger partial charge on any atom is -0.454 e. The number of allylic oxidation sites excluding steroid dienone is 1. The molecule has 0 spiro atoms. The van der Waals surface area contributed by atoms with Crippen LogP contribution in [0.15, 0.2) is 18.2 Å². The number of ether oxygens (including phenoxy) is 4. The lowest BCUT2D eigenvalue weighted by Crippen LogP contribution is -2.43. The molecular weight excluding hydrogens is 292 g/mol. The van der Waals surface area contributed by atoms with Crippen LogP contribution in [0.3, 0.4) is 0 Å². The molecule has 122 valence electrons. The molecule has 5 rings (SSSR count). The van der Waals surface area contributed by atoms with E-state index in [9.17, 15) is 0 Å². The molecule has 4 heteroatoms. The second-order valence-corrected chi connectivity index (χ2v) is 7.62. The van der Waals surface area contributed by atoms with Crippen molar-refractivity contribution in [1.29, 1.82) is 0 Å². The van der Waals surface area contributed by atoms with Gasteiger partial charge in [-0.2, -0.15) is 0 Å². The highest BCUT2D eigenvalue weighted by Gasteiger charge is 2.52. The Bertz CT molecular complexity index is 693. The lowest BCUT2D eigenvalue weighted by Gasteiger charge is -2.43. The minimum absolute atomic E-state index is 0.163. The Labute approximate surface area is 136 Å². The summed E-state index contributed by atoms with van der Waals surface area (Å²) < 4.78 is 23.5. The molecule has 0 radical (unpaired) electrons. The Morgan fingerprint density at radius 1 is 1.09 bits per heavy atom. The first-order valence-corrected chi connectivity index (χ1v) is 8.49. The van der Waals surface area contributed by atoms with Gasteiger partial charge in [0, 0.05) is 0 Å². The third kappa shape index (κ3) is 1.98. The van der Waals surface area contributed by atoms with Crippen LogP contribution in [-0.4, -0.2) is 24.8 Å². The molecule has 1 aromatic carbocycles. The maximum absolute atomic E-state index is 6.22. The first-order valence-electron chi connectivity index (χ1n) is 8.49. The zero-order chi connectivity index (χ0) is 15.8. The first-order chi connectivity index (χ1) is 11.0. The van der Waals surface area contributed by atoms with Gasteiger partial charge in [0.15, 0.2) is 17.3 Å². The van der Waals surface area contributed by atoms with Crippen LogP contribution in [0.5, 0.6) is 11.5 Å². The van der Waals surface area contributed by atoms with Crippen LogP contribution in [0.4, 0.5) is 0 Å². The molecule has 2 heterocycles. The number of hydrogen-bond donors (Lipinski definition) is 0. The standard InChI is InChI=1S/C19H22O4/c1-10-17-12(7-16-18(10)23-19(2,3)22-16)5-4-11-6-14-15(8-13(11)17)21-9-20-14/h4-6,8,10,12,16-18H,7,9H2,1-3H3. The van der Waals surface area contributed by atoms with Crippen LogP contribution in [0.2, 0.25) is 0 Å². The quantitative estimate of drug-likeness (QED) is 0.731. The molecule has 4 nitrogen and oxygen atoms in total. The fourth-order valence-corrected chi connectivity index (χ4v) is 4.85. The van der Waals surface area contributed by atoms with E-state index < -0.39 is 5.79 Å². The van der Waals surface area contributed by atoms with Crippen molar-refractivity contribution in [3.63, 3.8) is 0 Å². The summed E-state index contributed by atoms with van der Waals surface area (Å²) in [5.41, 5.74) is 2.61. The zero-order valence-electron chi connectivity index (χ0n) is 13.7. The smallest absolute Gasteiger partial charge is 0.231 e. The molecule has 2 aliphatic carbocycles. The minimum atomic E-state index is -0.474. The van der Waals surface area contributed by atoms with Gasteiger partial charge >= 0.3 is 0 Å². The topological polar surface area (TPSA) is 36.9 Å². The molecule has 4 aliphatic rings. The number of rotatable bonds is 0. The predicted octanol–water partition coefficient (Wildman–Crippen LogP) is 3.70. The van der Waals surface area contributed by atoms with E-state index >= 15 is 0 Å². The second-order valence-electron chi connectivity index (χ2n) is 7.62. The highest BCUT2D eigenvalue weighted by Crippen LogP contribution is 2.53. The molecular formula is C19H22O4. The summed E-state index contributed by atoms with van der Waals surface area (Å²) in [5, 5.41) is 0. The van der Waals surface area contributed by atoms with E-state index in [0.29, 0.717) is 24.5 Å². The third-order valence-electron chi connectivity index (χ3n) is 5.73. The van der Waals surface area contributed by atoms with Gasteiger partial charge in [0.1, 0.15) is 0 Å². The molecule has 1 aromatic rings. The molecule has 5 unspecified atom stereocenters. The Morgan fingerprint density at radius 3 is 2.70 bits per heavy atom. The van der Waals surface area contributed by atoms with Gasteiger partial charge < -0.3 is 18.9 Å². The third-order valence-corrected chi connectivity index (χ3v) is 5.73. The van der Waals surface area contributed by atoms with Gasteiger partial charge in [-0.1, -0.05) is 19.1 Å². The first kappa shape index (κ1) is 13.9. The van der Waals surface area contributed by atoms with Crippen molar-refractivity contribution in [1.82, 2.24) is 0 Å². The van der Waals surface area contributed by atoms with Gasteiger partial charge in [-0.05, 0) is 61.3 Å². The van der Waals surface area contributed by atoms with E-state index in [1.54, 1.807) is 0 Å². The van der Waals surface area contributed by atoms with E-state index in [1.165, 1.54) is 11.1 Å². The van der Waals surface area contributed by atoms with E-state index in [0.717, 1.165) is 17.9 Å². The van der Waals surface area contributed by atoms with Crippen LogP contribution in [-0.2, 0) is 9.47 Å². The van der Waals surface area contributed by atoms with Gasteiger partial charge in [0.25, 0.3) is 0 Å². The Kier molecular flexibility index (Phi) is 2.73. The average Bonchev–Trinajstić information content (AvgIpc) is 3.07. The fourth-order valence-electron chi connectivity index (χ4n) is 4.85. The highest BCUT2D eigenvalue weighted by molar-refractivity contribution is 5.64.